The van der Waals surface area contributed by atoms with Gasteiger partial charge in [-0.3, -0.25) is 14.3 Å². The molecule has 7 heteroatoms. The number of aromatic nitrogens is 2. The predicted molar refractivity (Wildman–Crippen MR) is 138 cm³/mol. The molecule has 7 nitrogen and oxygen atoms in total. The molecule has 2 aliphatic rings. The normalized spacial score (nSPS) is 18.9. The van der Waals surface area contributed by atoms with E-state index in [9.17, 15) is 9.59 Å². The minimum atomic E-state index is -0.576. The van der Waals surface area contributed by atoms with Gasteiger partial charge in [-0.2, -0.15) is 5.10 Å². The van der Waals surface area contributed by atoms with Crippen LogP contribution in [0.5, 0.6) is 0 Å². The first-order chi connectivity index (χ1) is 17.0. The molecule has 1 saturated heterocycles. The lowest BCUT2D eigenvalue weighted by Crippen LogP contribution is -2.56. The van der Waals surface area contributed by atoms with Gasteiger partial charge in [-0.15, -0.1) is 0 Å². The van der Waals surface area contributed by atoms with Crippen molar-refractivity contribution < 1.29 is 9.59 Å². The highest BCUT2D eigenvalue weighted by Crippen LogP contribution is 2.35. The molecule has 1 aromatic heterocycles. The van der Waals surface area contributed by atoms with Gasteiger partial charge in [-0.25, -0.2) is 0 Å². The zero-order chi connectivity index (χ0) is 24.4. The number of nitrogens with zero attached hydrogens (tertiary/aromatic N) is 4. The monoisotopic (exact) mass is 473 g/mol. The Labute approximate surface area is 206 Å². The number of nitrogens with two attached hydrogens (primary N) is 1. The van der Waals surface area contributed by atoms with Crippen LogP contribution in [0.4, 0.5) is 5.69 Å². The summed E-state index contributed by atoms with van der Waals surface area (Å²) in [5.41, 5.74) is 10.1. The van der Waals surface area contributed by atoms with Crippen molar-refractivity contribution in [1.29, 1.82) is 0 Å². The average Bonchev–Trinajstić information content (AvgIpc) is 3.51. The number of piperazine rings is 1. The zero-order valence-electron chi connectivity index (χ0n) is 20.5. The van der Waals surface area contributed by atoms with Crippen molar-refractivity contribution in [2.75, 3.05) is 24.5 Å². The van der Waals surface area contributed by atoms with E-state index < -0.39 is 5.91 Å². The second-order valence-electron chi connectivity index (χ2n) is 9.90. The molecule has 35 heavy (non-hydrogen) atoms. The molecule has 2 N–H and O–H groups in total. The molecule has 0 radical (unpaired) electrons. The molecular weight excluding hydrogens is 438 g/mol. The van der Waals surface area contributed by atoms with E-state index in [2.05, 4.69) is 46.8 Å². The number of carbonyl (C=O) groups is 2. The number of benzene rings is 2. The van der Waals surface area contributed by atoms with Crippen molar-refractivity contribution in [1.82, 2.24) is 14.7 Å². The maximum Gasteiger partial charge on any atom is 0.232 e. The summed E-state index contributed by atoms with van der Waals surface area (Å²) in [6, 6.07) is 17.4. The standard InChI is InChI=1S/C28H35N5O2/c1-2-25-24-13-12-22(17-26(24)33(30-25)21-10-6-7-11-21)31-14-15-32(28(35)18-27(29)34)23(19-31)16-20-8-4-3-5-9-20/h3-5,8-9,12-13,17,21,23H,2,6-7,10-11,14-16,18-19H2,1H3,(H2,29,34)/t23-/m0/s1. The Morgan fingerprint density at radius 3 is 2.54 bits per heavy atom. The number of rotatable bonds is 7. The second kappa shape index (κ2) is 10.1. The highest BCUT2D eigenvalue weighted by atomic mass is 16.2. The van der Waals surface area contributed by atoms with Gasteiger partial charge in [0.15, 0.2) is 0 Å². The molecule has 0 bridgehead atoms. The first-order valence-corrected chi connectivity index (χ1v) is 12.9. The maximum absolute atomic E-state index is 12.8. The van der Waals surface area contributed by atoms with E-state index in [4.69, 9.17) is 10.8 Å². The van der Waals surface area contributed by atoms with Crippen LogP contribution in [0.2, 0.25) is 0 Å². The Bertz CT molecular complexity index is 1200. The number of primary amides is 1. The van der Waals surface area contributed by atoms with Crippen molar-refractivity contribution in [3.63, 3.8) is 0 Å². The van der Waals surface area contributed by atoms with Gasteiger partial charge >= 0.3 is 0 Å². The van der Waals surface area contributed by atoms with E-state index in [0.717, 1.165) is 19.4 Å². The quantitative estimate of drug-likeness (QED) is 0.528. The number of aryl methyl sites for hydroxylation is 1. The number of carbonyl (C=O) groups excluding carboxylic acids is 2. The van der Waals surface area contributed by atoms with E-state index in [-0.39, 0.29) is 18.4 Å². The highest BCUT2D eigenvalue weighted by Gasteiger charge is 2.32. The Hall–Kier alpha value is -3.35. The molecule has 1 saturated carbocycles. The van der Waals surface area contributed by atoms with Gasteiger partial charge in [-0.05, 0) is 49.4 Å². The molecular formula is C28H35N5O2. The highest BCUT2D eigenvalue weighted by molar-refractivity contribution is 5.96. The molecule has 0 spiro atoms. The Morgan fingerprint density at radius 2 is 1.83 bits per heavy atom. The molecule has 2 heterocycles. The lowest BCUT2D eigenvalue weighted by atomic mass is 10.0. The summed E-state index contributed by atoms with van der Waals surface area (Å²) in [4.78, 5) is 28.5. The molecule has 2 amide bonds. The predicted octanol–water partition coefficient (Wildman–Crippen LogP) is 3.85. The van der Waals surface area contributed by atoms with E-state index in [1.54, 1.807) is 0 Å². The third-order valence-electron chi connectivity index (χ3n) is 7.58. The van der Waals surface area contributed by atoms with Gasteiger partial charge in [-0.1, -0.05) is 50.1 Å². The van der Waals surface area contributed by atoms with E-state index >= 15 is 0 Å². The Kier molecular flexibility index (Phi) is 6.75. The largest absolute Gasteiger partial charge is 0.369 e. The topological polar surface area (TPSA) is 84.5 Å². The van der Waals surface area contributed by atoms with Gasteiger partial charge < -0.3 is 15.5 Å². The van der Waals surface area contributed by atoms with Crippen molar-refractivity contribution >= 4 is 28.4 Å². The van der Waals surface area contributed by atoms with Crippen molar-refractivity contribution in [2.45, 2.75) is 64.0 Å². The molecule has 1 aliphatic heterocycles. The minimum Gasteiger partial charge on any atom is -0.369 e. The first-order valence-electron chi connectivity index (χ1n) is 12.9. The smallest absolute Gasteiger partial charge is 0.232 e. The molecule has 184 valence electrons. The van der Waals surface area contributed by atoms with Crippen molar-refractivity contribution in [3.8, 4) is 0 Å². The summed E-state index contributed by atoms with van der Waals surface area (Å²) >= 11 is 0. The Morgan fingerprint density at radius 1 is 1.06 bits per heavy atom. The van der Waals surface area contributed by atoms with Gasteiger partial charge in [0.2, 0.25) is 11.8 Å². The molecule has 2 aromatic carbocycles. The fraction of sp³-hybridized carbons (Fsp3) is 0.464. The number of amides is 2. The minimum absolute atomic E-state index is 0.0281. The summed E-state index contributed by atoms with van der Waals surface area (Å²) in [6.07, 6.45) is 6.37. The van der Waals surface area contributed by atoms with Gasteiger partial charge in [0.05, 0.1) is 23.3 Å². The van der Waals surface area contributed by atoms with Crippen molar-refractivity contribution in [3.05, 3.63) is 59.8 Å². The summed E-state index contributed by atoms with van der Waals surface area (Å²) in [7, 11) is 0. The number of anilines is 1. The number of hydrogen-bond acceptors (Lipinski definition) is 4. The number of hydrogen-bond donors (Lipinski definition) is 1. The van der Waals surface area contributed by atoms with Crippen LogP contribution < -0.4 is 10.6 Å². The van der Waals surface area contributed by atoms with Gasteiger partial charge in [0.1, 0.15) is 6.42 Å². The first kappa shape index (κ1) is 23.4. The summed E-state index contributed by atoms with van der Waals surface area (Å²) < 4.78 is 2.28. The third-order valence-corrected chi connectivity index (χ3v) is 7.58. The van der Waals surface area contributed by atoms with Gasteiger partial charge in [0, 0.05) is 30.7 Å². The summed E-state index contributed by atoms with van der Waals surface area (Å²) in [6.45, 7) is 4.18. The second-order valence-corrected chi connectivity index (χ2v) is 9.90. The molecule has 0 unspecified atom stereocenters. The van der Waals surface area contributed by atoms with Crippen LogP contribution in [-0.2, 0) is 22.4 Å². The van der Waals surface area contributed by atoms with Crippen LogP contribution in [0.1, 0.15) is 56.3 Å². The van der Waals surface area contributed by atoms with Crippen LogP contribution in [0.25, 0.3) is 10.9 Å². The van der Waals surface area contributed by atoms with E-state index in [1.165, 1.54) is 53.5 Å². The van der Waals surface area contributed by atoms with Crippen LogP contribution in [0.15, 0.2) is 48.5 Å². The Balaban J connectivity index is 1.44. The molecule has 1 atom stereocenters. The number of fused-ring (bicyclic) bond motifs is 1. The van der Waals surface area contributed by atoms with Crippen LogP contribution in [0.3, 0.4) is 0 Å². The average molecular weight is 474 g/mol. The molecule has 1 aliphatic carbocycles. The van der Waals surface area contributed by atoms with Crippen LogP contribution in [0, 0.1) is 0 Å². The fourth-order valence-electron chi connectivity index (χ4n) is 5.81. The lowest BCUT2D eigenvalue weighted by molar-refractivity contribution is -0.137. The zero-order valence-corrected chi connectivity index (χ0v) is 20.5. The van der Waals surface area contributed by atoms with Crippen LogP contribution in [-0.4, -0.2) is 52.2 Å². The van der Waals surface area contributed by atoms with Gasteiger partial charge in [0.25, 0.3) is 0 Å². The summed E-state index contributed by atoms with van der Waals surface area (Å²) in [5.74, 6) is -0.756. The van der Waals surface area contributed by atoms with Crippen molar-refractivity contribution in [2.24, 2.45) is 5.73 Å². The van der Waals surface area contributed by atoms with E-state index in [1.807, 2.05) is 23.1 Å². The molecule has 5 rings (SSSR count). The third kappa shape index (κ3) is 4.90. The van der Waals surface area contributed by atoms with Crippen LogP contribution >= 0.6 is 0 Å². The molecule has 2 fully saturated rings. The summed E-state index contributed by atoms with van der Waals surface area (Å²) in [5, 5.41) is 6.26. The SMILES string of the molecule is CCc1nn(C2CCCC2)c2cc(N3CCN(C(=O)CC(N)=O)[C@@H](Cc4ccccc4)C3)ccc12. The lowest BCUT2D eigenvalue weighted by Gasteiger charge is -2.42. The maximum atomic E-state index is 12.8. The fourth-order valence-corrected chi connectivity index (χ4v) is 5.81. The van der Waals surface area contributed by atoms with E-state index in [0.29, 0.717) is 19.1 Å². The molecule has 3 aromatic rings.